The van der Waals surface area contributed by atoms with E-state index in [1.807, 2.05) is 0 Å². The molecule has 2 rings (SSSR count). The quantitative estimate of drug-likeness (QED) is 0.852. The van der Waals surface area contributed by atoms with Crippen molar-refractivity contribution in [2.24, 2.45) is 0 Å². The van der Waals surface area contributed by atoms with E-state index in [1.165, 1.54) is 16.7 Å². The van der Waals surface area contributed by atoms with Crippen LogP contribution < -0.4 is 5.56 Å². The van der Waals surface area contributed by atoms with Gasteiger partial charge in [0.25, 0.3) is 5.56 Å². The lowest BCUT2D eigenvalue weighted by Crippen LogP contribution is -2.19. The van der Waals surface area contributed by atoms with Gasteiger partial charge in [-0.3, -0.25) is 9.36 Å². The second-order valence-electron chi connectivity index (χ2n) is 2.88. The van der Waals surface area contributed by atoms with E-state index in [9.17, 15) is 9.59 Å². The number of carboxylic acid groups (broad SMARTS) is 1. The molecule has 2 aromatic rings. The van der Waals surface area contributed by atoms with Crippen LogP contribution >= 0.6 is 11.6 Å². The first-order chi connectivity index (χ1) is 7.58. The highest BCUT2D eigenvalue weighted by atomic mass is 35.5. The van der Waals surface area contributed by atoms with Crippen LogP contribution in [0.1, 0.15) is 10.4 Å². The van der Waals surface area contributed by atoms with Gasteiger partial charge in [0.15, 0.2) is 5.22 Å². The summed E-state index contributed by atoms with van der Waals surface area (Å²) in [6.07, 6.45) is 2.27. The lowest BCUT2D eigenvalue weighted by atomic mass is 10.3. The predicted octanol–water partition coefficient (Wildman–Crippen LogP) is 1.18. The van der Waals surface area contributed by atoms with Crippen LogP contribution in [0.2, 0.25) is 5.22 Å². The average Bonchev–Trinajstić information content (AvgIpc) is 2.65. The van der Waals surface area contributed by atoms with Crippen LogP contribution in [0.5, 0.6) is 0 Å². The Hall–Kier alpha value is -2.08. The number of hydrogen-bond donors (Lipinski definition) is 1. The van der Waals surface area contributed by atoms with E-state index in [0.29, 0.717) is 0 Å². The normalized spacial score (nSPS) is 10.3. The van der Waals surface area contributed by atoms with Gasteiger partial charge in [-0.25, -0.2) is 4.79 Å². The number of hydrogen-bond acceptors (Lipinski definition) is 4. The van der Waals surface area contributed by atoms with Crippen molar-refractivity contribution < 1.29 is 14.3 Å². The molecule has 0 radical (unpaired) electrons. The van der Waals surface area contributed by atoms with Gasteiger partial charge in [-0.15, -0.1) is 0 Å². The van der Waals surface area contributed by atoms with Crippen molar-refractivity contribution >= 4 is 17.6 Å². The topological polar surface area (TPSA) is 85.3 Å². The Bertz CT molecular complexity index is 602. The van der Waals surface area contributed by atoms with Gasteiger partial charge >= 0.3 is 5.97 Å². The summed E-state index contributed by atoms with van der Waals surface area (Å²) >= 11 is 5.57. The van der Waals surface area contributed by atoms with Crippen molar-refractivity contribution in [2.45, 2.75) is 0 Å². The first-order valence-electron chi connectivity index (χ1n) is 4.15. The summed E-state index contributed by atoms with van der Waals surface area (Å²) in [5.41, 5.74) is -1.24. The molecule has 0 atom stereocenters. The van der Waals surface area contributed by atoms with Gasteiger partial charge in [-0.05, 0) is 17.7 Å². The van der Waals surface area contributed by atoms with Crippen molar-refractivity contribution in [1.82, 2.24) is 9.55 Å². The summed E-state index contributed by atoms with van der Waals surface area (Å²) in [7, 11) is 0. The number of rotatable bonds is 2. The van der Waals surface area contributed by atoms with Gasteiger partial charge in [-0.1, -0.05) is 0 Å². The lowest BCUT2D eigenvalue weighted by Gasteiger charge is -2.01. The first kappa shape index (κ1) is 10.4. The highest BCUT2D eigenvalue weighted by Gasteiger charge is 2.11. The molecule has 16 heavy (non-hydrogen) atoms. The zero-order chi connectivity index (χ0) is 11.7. The van der Waals surface area contributed by atoms with Crippen molar-refractivity contribution in [3.8, 4) is 5.88 Å². The Labute approximate surface area is 93.7 Å². The van der Waals surface area contributed by atoms with Crippen molar-refractivity contribution in [3.63, 3.8) is 0 Å². The standard InChI is InChI=1S/C9H5ClN2O4/c10-6-1-2-7(16-6)12-3-5(9(14)15)8(13)11-4-12/h1-4H,(H,14,15). The third-order valence-corrected chi connectivity index (χ3v) is 2.05. The zero-order valence-electron chi connectivity index (χ0n) is 7.75. The Balaban J connectivity index is 2.55. The maximum Gasteiger partial charge on any atom is 0.342 e. The van der Waals surface area contributed by atoms with Crippen molar-refractivity contribution in [2.75, 3.05) is 0 Å². The molecule has 7 heteroatoms. The van der Waals surface area contributed by atoms with E-state index in [2.05, 4.69) is 4.98 Å². The Morgan fingerprint density at radius 3 is 2.81 bits per heavy atom. The van der Waals surface area contributed by atoms with Crippen LogP contribution in [0.3, 0.4) is 0 Å². The Morgan fingerprint density at radius 2 is 2.25 bits per heavy atom. The van der Waals surface area contributed by atoms with Gasteiger partial charge in [-0.2, -0.15) is 4.98 Å². The van der Waals surface area contributed by atoms with E-state index >= 15 is 0 Å². The molecule has 0 fully saturated rings. The van der Waals surface area contributed by atoms with Crippen LogP contribution in [0.15, 0.2) is 33.9 Å². The zero-order valence-corrected chi connectivity index (χ0v) is 8.51. The van der Waals surface area contributed by atoms with E-state index in [-0.39, 0.29) is 11.1 Å². The van der Waals surface area contributed by atoms with Gasteiger partial charge in [0.1, 0.15) is 11.9 Å². The number of aromatic nitrogens is 2. The molecule has 0 saturated heterocycles. The number of aromatic carboxylic acids is 1. The fourth-order valence-electron chi connectivity index (χ4n) is 1.12. The molecule has 0 aliphatic carbocycles. The molecule has 0 aliphatic heterocycles. The molecule has 2 aromatic heterocycles. The molecule has 6 nitrogen and oxygen atoms in total. The lowest BCUT2D eigenvalue weighted by molar-refractivity contribution is 0.0694. The summed E-state index contributed by atoms with van der Waals surface area (Å²) in [6, 6.07) is 3.02. The maximum atomic E-state index is 11.1. The molecular formula is C9H5ClN2O4. The summed E-state index contributed by atoms with van der Waals surface area (Å²) in [5.74, 6) is -1.07. The first-order valence-corrected chi connectivity index (χ1v) is 4.53. The molecule has 0 aliphatic rings. The fourth-order valence-corrected chi connectivity index (χ4v) is 1.26. The molecule has 0 unspecified atom stereocenters. The highest BCUT2D eigenvalue weighted by Crippen LogP contribution is 2.16. The van der Waals surface area contributed by atoms with Gasteiger partial charge in [0.2, 0.25) is 5.88 Å². The van der Waals surface area contributed by atoms with E-state index in [1.54, 1.807) is 0 Å². The third kappa shape index (κ3) is 1.82. The van der Waals surface area contributed by atoms with Crippen LogP contribution in [0.25, 0.3) is 5.88 Å². The van der Waals surface area contributed by atoms with Gasteiger partial charge in [0, 0.05) is 12.3 Å². The Morgan fingerprint density at radius 1 is 1.50 bits per heavy atom. The minimum absolute atomic E-state index is 0.158. The van der Waals surface area contributed by atoms with E-state index in [4.69, 9.17) is 21.1 Å². The van der Waals surface area contributed by atoms with Crippen LogP contribution in [-0.4, -0.2) is 20.6 Å². The predicted molar refractivity (Wildman–Crippen MR) is 54.1 cm³/mol. The molecular weight excluding hydrogens is 236 g/mol. The minimum Gasteiger partial charge on any atom is -0.477 e. The number of carbonyl (C=O) groups is 1. The largest absolute Gasteiger partial charge is 0.477 e. The monoisotopic (exact) mass is 240 g/mol. The summed E-state index contributed by atoms with van der Waals surface area (Å²) in [4.78, 5) is 25.2. The second kappa shape index (κ2) is 3.82. The highest BCUT2D eigenvalue weighted by molar-refractivity contribution is 6.28. The molecule has 0 spiro atoms. The van der Waals surface area contributed by atoms with Crippen LogP contribution in [-0.2, 0) is 0 Å². The molecule has 2 heterocycles. The number of carboxylic acids is 1. The van der Waals surface area contributed by atoms with Gasteiger partial charge in [0.05, 0.1) is 0 Å². The Kier molecular flexibility index (Phi) is 2.49. The van der Waals surface area contributed by atoms with Crippen molar-refractivity contribution in [3.05, 3.63) is 45.8 Å². The summed E-state index contributed by atoms with van der Waals surface area (Å²) < 4.78 is 6.30. The fraction of sp³-hybridized carbons (Fsp3) is 0. The summed E-state index contributed by atoms with van der Waals surface area (Å²) in [6.45, 7) is 0. The molecule has 0 amide bonds. The number of halogens is 1. The molecule has 0 bridgehead atoms. The van der Waals surface area contributed by atoms with Crippen LogP contribution in [0.4, 0.5) is 0 Å². The maximum absolute atomic E-state index is 11.1. The summed E-state index contributed by atoms with van der Waals surface area (Å²) in [5, 5.41) is 8.89. The SMILES string of the molecule is O=C(O)c1cn(-c2ccc(Cl)o2)cnc1=O. The minimum atomic E-state index is -1.34. The average molecular weight is 241 g/mol. The molecule has 0 saturated carbocycles. The molecule has 1 N–H and O–H groups in total. The van der Waals surface area contributed by atoms with Gasteiger partial charge < -0.3 is 9.52 Å². The van der Waals surface area contributed by atoms with Crippen LogP contribution in [0, 0.1) is 0 Å². The van der Waals surface area contributed by atoms with E-state index < -0.39 is 17.1 Å². The molecule has 82 valence electrons. The second-order valence-corrected chi connectivity index (χ2v) is 3.26. The smallest absolute Gasteiger partial charge is 0.342 e. The number of nitrogens with zero attached hydrogens (tertiary/aromatic N) is 2. The van der Waals surface area contributed by atoms with Crippen molar-refractivity contribution in [1.29, 1.82) is 0 Å². The number of furan rings is 1. The third-order valence-electron chi connectivity index (χ3n) is 1.84. The van der Waals surface area contributed by atoms with E-state index in [0.717, 1.165) is 12.5 Å². The molecule has 0 aromatic carbocycles.